The van der Waals surface area contributed by atoms with E-state index in [0.29, 0.717) is 24.1 Å². The van der Waals surface area contributed by atoms with Crippen LogP contribution in [-0.2, 0) is 4.79 Å². The van der Waals surface area contributed by atoms with Crippen molar-refractivity contribution in [1.82, 2.24) is 14.9 Å². The first-order chi connectivity index (χ1) is 15.5. The van der Waals surface area contributed by atoms with Crippen LogP contribution in [0.4, 0.5) is 18.9 Å². The lowest BCUT2D eigenvalue weighted by atomic mass is 10.1. The van der Waals surface area contributed by atoms with Crippen LogP contribution in [0, 0.1) is 11.8 Å². The predicted octanol–water partition coefficient (Wildman–Crippen LogP) is 2.19. The number of anilines is 1. The van der Waals surface area contributed by atoms with E-state index in [1.165, 1.54) is 4.90 Å². The smallest absolute Gasteiger partial charge is 0.380 e. The Morgan fingerprint density at radius 1 is 1.33 bits per heavy atom. The van der Waals surface area contributed by atoms with Gasteiger partial charge in [0, 0.05) is 37.6 Å². The van der Waals surface area contributed by atoms with Gasteiger partial charge in [-0.3, -0.25) is 9.59 Å². The van der Waals surface area contributed by atoms with E-state index in [-0.39, 0.29) is 29.5 Å². The number of primary amides is 1. The highest BCUT2D eigenvalue weighted by Crippen LogP contribution is 2.27. The zero-order valence-electron chi connectivity index (χ0n) is 18.1. The molecule has 0 aliphatic carbocycles. The Morgan fingerprint density at radius 3 is 2.70 bits per heavy atom. The number of carbonyl (C=O) groups is 2. The highest BCUT2D eigenvalue weighted by molar-refractivity contribution is 5.90. The molecule has 4 N–H and O–H groups in total. The third-order valence-electron chi connectivity index (χ3n) is 4.47. The van der Waals surface area contributed by atoms with Crippen molar-refractivity contribution in [2.45, 2.75) is 32.0 Å². The van der Waals surface area contributed by atoms with Crippen molar-refractivity contribution in [3.8, 4) is 23.1 Å². The molecule has 2 rings (SSSR count). The molecule has 8 nitrogen and oxygen atoms in total. The number of halogens is 3. The molecular weight excluding hydrogens is 439 g/mol. The molecule has 0 aliphatic heterocycles. The third-order valence-corrected chi connectivity index (χ3v) is 4.47. The summed E-state index contributed by atoms with van der Waals surface area (Å²) in [6.45, 7) is 0.768. The molecule has 1 unspecified atom stereocenters. The summed E-state index contributed by atoms with van der Waals surface area (Å²) >= 11 is 0. The molecule has 1 atom stereocenters. The van der Waals surface area contributed by atoms with Crippen LogP contribution in [0.2, 0.25) is 0 Å². The van der Waals surface area contributed by atoms with Crippen molar-refractivity contribution in [3.63, 3.8) is 0 Å². The lowest BCUT2D eigenvalue weighted by Crippen LogP contribution is -2.28. The zero-order valence-corrected chi connectivity index (χ0v) is 18.1. The van der Waals surface area contributed by atoms with Crippen LogP contribution in [0.5, 0.6) is 0 Å². The second kappa shape index (κ2) is 11.3. The average molecular weight is 463 g/mol. The Morgan fingerprint density at radius 2 is 2.06 bits per heavy atom. The first-order valence-electron chi connectivity index (χ1n) is 10.0. The number of aliphatic hydroxyl groups excluding tert-OH is 1. The van der Waals surface area contributed by atoms with E-state index in [0.717, 1.165) is 6.20 Å². The van der Waals surface area contributed by atoms with Crippen molar-refractivity contribution in [1.29, 1.82) is 0 Å². The quantitative estimate of drug-likeness (QED) is 0.516. The van der Waals surface area contributed by atoms with E-state index in [1.807, 2.05) is 0 Å². The summed E-state index contributed by atoms with van der Waals surface area (Å²) in [5.74, 6) is 4.15. The molecule has 0 radical (unpaired) electrons. The molecular formula is C22H24F3N5O3. The largest absolute Gasteiger partial charge is 0.405 e. The van der Waals surface area contributed by atoms with Gasteiger partial charge in [-0.05, 0) is 12.1 Å². The third kappa shape index (κ3) is 8.08. The number of amides is 2. The fourth-order valence-electron chi connectivity index (χ4n) is 2.74. The van der Waals surface area contributed by atoms with E-state index < -0.39 is 24.7 Å². The normalized spacial score (nSPS) is 11.8. The van der Waals surface area contributed by atoms with Gasteiger partial charge in [0.15, 0.2) is 0 Å². The molecule has 0 saturated carbocycles. The number of carbonyl (C=O) groups excluding carboxylic acids is 2. The minimum atomic E-state index is -4.47. The maximum Gasteiger partial charge on any atom is 0.405 e. The fourth-order valence-corrected chi connectivity index (χ4v) is 2.74. The van der Waals surface area contributed by atoms with E-state index in [4.69, 9.17) is 5.73 Å². The Labute approximate surface area is 189 Å². The van der Waals surface area contributed by atoms with Gasteiger partial charge in [-0.25, -0.2) is 9.97 Å². The van der Waals surface area contributed by atoms with E-state index in [1.54, 1.807) is 38.2 Å². The summed E-state index contributed by atoms with van der Waals surface area (Å²) in [6, 6.07) is 6.39. The van der Waals surface area contributed by atoms with Gasteiger partial charge in [-0.1, -0.05) is 30.9 Å². The van der Waals surface area contributed by atoms with Gasteiger partial charge >= 0.3 is 6.18 Å². The molecule has 0 aliphatic rings. The minimum Gasteiger partial charge on any atom is -0.380 e. The van der Waals surface area contributed by atoms with Gasteiger partial charge in [0.1, 0.15) is 12.6 Å². The van der Waals surface area contributed by atoms with Crippen molar-refractivity contribution in [2.75, 3.05) is 25.5 Å². The van der Waals surface area contributed by atoms with Crippen LogP contribution in [0.25, 0.3) is 11.3 Å². The number of hydrogen-bond donors (Lipinski definition) is 3. The second-order valence-corrected chi connectivity index (χ2v) is 7.11. The first kappa shape index (κ1) is 25.6. The molecule has 1 aromatic heterocycles. The van der Waals surface area contributed by atoms with E-state index >= 15 is 0 Å². The number of aromatic nitrogens is 2. The number of benzene rings is 1. The summed E-state index contributed by atoms with van der Waals surface area (Å²) in [5, 5.41) is 12.3. The van der Waals surface area contributed by atoms with E-state index in [2.05, 4.69) is 27.1 Å². The Hall–Kier alpha value is -3.65. The van der Waals surface area contributed by atoms with Crippen LogP contribution in [0.3, 0.4) is 0 Å². The SMILES string of the molecule is CCC(=O)N(C)CCC(O)C#Cc1cccc(-c2nc(C(N)=O)ncc2NCC(F)(F)F)c1. The number of nitrogens with one attached hydrogen (secondary N) is 1. The fraction of sp³-hybridized carbons (Fsp3) is 0.364. The van der Waals surface area contributed by atoms with Crippen LogP contribution in [0.1, 0.15) is 35.9 Å². The summed E-state index contributed by atoms with van der Waals surface area (Å²) in [5.41, 5.74) is 6.05. The molecule has 0 fully saturated rings. The van der Waals surface area contributed by atoms with Gasteiger partial charge < -0.3 is 21.1 Å². The van der Waals surface area contributed by atoms with Crippen LogP contribution in [0.15, 0.2) is 30.5 Å². The monoisotopic (exact) mass is 463 g/mol. The summed E-state index contributed by atoms with van der Waals surface area (Å²) in [6.07, 6.45) is -3.77. The number of aliphatic hydroxyl groups is 1. The Bertz CT molecular complexity index is 1060. The molecule has 0 saturated heterocycles. The lowest BCUT2D eigenvalue weighted by molar-refractivity contribution is -0.129. The Kier molecular flexibility index (Phi) is 8.76. The van der Waals surface area contributed by atoms with Crippen molar-refractivity contribution >= 4 is 17.5 Å². The van der Waals surface area contributed by atoms with Gasteiger partial charge in [-0.2, -0.15) is 13.2 Å². The van der Waals surface area contributed by atoms with Gasteiger partial charge in [-0.15, -0.1) is 0 Å². The number of nitrogens with zero attached hydrogens (tertiary/aromatic N) is 3. The molecule has 2 aromatic rings. The molecule has 176 valence electrons. The van der Waals surface area contributed by atoms with E-state index in [9.17, 15) is 27.9 Å². The molecule has 1 aromatic carbocycles. The van der Waals surface area contributed by atoms with Gasteiger partial charge in [0.25, 0.3) is 5.91 Å². The predicted molar refractivity (Wildman–Crippen MR) is 116 cm³/mol. The first-order valence-corrected chi connectivity index (χ1v) is 10.0. The van der Waals surface area contributed by atoms with Crippen molar-refractivity contribution in [3.05, 3.63) is 41.9 Å². The lowest BCUT2D eigenvalue weighted by Gasteiger charge is -2.16. The van der Waals surface area contributed by atoms with Crippen molar-refractivity contribution < 1.29 is 27.9 Å². The highest BCUT2D eigenvalue weighted by atomic mass is 19.4. The highest BCUT2D eigenvalue weighted by Gasteiger charge is 2.27. The summed E-state index contributed by atoms with van der Waals surface area (Å²) in [7, 11) is 1.64. The maximum absolute atomic E-state index is 12.7. The summed E-state index contributed by atoms with van der Waals surface area (Å²) < 4.78 is 38.0. The molecule has 33 heavy (non-hydrogen) atoms. The molecule has 2 amide bonds. The molecule has 1 heterocycles. The Balaban J connectivity index is 2.26. The van der Waals surface area contributed by atoms with Crippen LogP contribution in [-0.4, -0.2) is 64.2 Å². The molecule has 0 bridgehead atoms. The number of rotatable bonds is 8. The second-order valence-electron chi connectivity index (χ2n) is 7.11. The van der Waals surface area contributed by atoms with Gasteiger partial charge in [0.2, 0.25) is 11.7 Å². The van der Waals surface area contributed by atoms with Crippen molar-refractivity contribution in [2.24, 2.45) is 5.73 Å². The maximum atomic E-state index is 12.7. The molecule has 11 heteroatoms. The number of nitrogens with two attached hydrogens (primary N) is 1. The average Bonchev–Trinajstić information content (AvgIpc) is 2.78. The van der Waals surface area contributed by atoms with Crippen LogP contribution < -0.4 is 11.1 Å². The van der Waals surface area contributed by atoms with Crippen LogP contribution >= 0.6 is 0 Å². The molecule has 0 spiro atoms. The standard InChI is InChI=1S/C22H24F3N5O3/c1-3-18(32)30(2)10-9-16(31)8-7-14-5-4-6-15(11-14)19-17(28-13-22(23,24)25)12-27-21(29-19)20(26)33/h4-6,11-12,16,28,31H,3,9-10,13H2,1-2H3,(H2,26,33). The summed E-state index contributed by atoms with van der Waals surface area (Å²) in [4.78, 5) is 32.2. The zero-order chi connectivity index (χ0) is 24.6. The van der Waals surface area contributed by atoms with Gasteiger partial charge in [0.05, 0.1) is 17.6 Å². The minimum absolute atomic E-state index is 0.0360. The number of hydrogen-bond acceptors (Lipinski definition) is 6. The topological polar surface area (TPSA) is 121 Å². The number of alkyl halides is 3.